The zero-order valence-corrected chi connectivity index (χ0v) is 16.1. The minimum absolute atomic E-state index is 0.0303. The molecule has 0 spiro atoms. The fourth-order valence-electron chi connectivity index (χ4n) is 1.94. The SMILES string of the molecule is COC(=O)c1ccc(OC(F)F)c(F)c1.COC(=O)c1ccc(OCC(=O)O)c(F)c1. The van der Waals surface area contributed by atoms with Crippen molar-refractivity contribution in [1.29, 1.82) is 0 Å². The molecule has 0 aliphatic heterocycles. The standard InChI is InChI=1S/C10H9FO5.C9H7F3O3/c1-15-10(14)6-2-3-8(7(11)4-6)16-5-9(12)13;1-14-8(13)5-2-3-7(6(10)4-5)15-9(11)12/h2-4H,5H2,1H3,(H,12,13);2-4,9H,1H3. The molecule has 0 fully saturated rings. The molecule has 0 atom stereocenters. The number of methoxy groups -OCH3 is 2. The molecule has 0 aliphatic carbocycles. The number of carboxylic acids is 1. The van der Waals surface area contributed by atoms with Crippen molar-refractivity contribution >= 4 is 17.9 Å². The van der Waals surface area contributed by atoms with Crippen molar-refractivity contribution in [3.8, 4) is 11.5 Å². The van der Waals surface area contributed by atoms with Gasteiger partial charge >= 0.3 is 24.5 Å². The van der Waals surface area contributed by atoms with Crippen molar-refractivity contribution < 1.29 is 56.0 Å². The van der Waals surface area contributed by atoms with Crippen LogP contribution >= 0.6 is 0 Å². The van der Waals surface area contributed by atoms with Crippen LogP contribution in [-0.2, 0) is 14.3 Å². The third-order valence-electron chi connectivity index (χ3n) is 3.27. The van der Waals surface area contributed by atoms with Crippen LogP contribution in [0.15, 0.2) is 36.4 Å². The number of hydrogen-bond donors (Lipinski definition) is 1. The van der Waals surface area contributed by atoms with Gasteiger partial charge in [0.05, 0.1) is 25.3 Å². The van der Waals surface area contributed by atoms with E-state index in [4.69, 9.17) is 5.11 Å². The average Bonchev–Trinajstić information content (AvgIpc) is 2.73. The number of esters is 2. The Hall–Kier alpha value is -3.83. The number of ether oxygens (including phenoxy) is 4. The Bertz CT molecular complexity index is 933. The van der Waals surface area contributed by atoms with E-state index >= 15 is 0 Å². The van der Waals surface area contributed by atoms with Crippen molar-refractivity contribution in [1.82, 2.24) is 0 Å². The molecule has 2 aromatic rings. The summed E-state index contributed by atoms with van der Waals surface area (Å²) >= 11 is 0. The number of carbonyl (C=O) groups excluding carboxylic acids is 2. The van der Waals surface area contributed by atoms with E-state index in [1.165, 1.54) is 19.2 Å². The Morgan fingerprint density at radius 1 is 0.871 bits per heavy atom. The quantitative estimate of drug-likeness (QED) is 0.508. The summed E-state index contributed by atoms with van der Waals surface area (Å²) in [5.41, 5.74) is -0.0423. The van der Waals surface area contributed by atoms with Gasteiger partial charge in [-0.25, -0.2) is 23.2 Å². The fourth-order valence-corrected chi connectivity index (χ4v) is 1.94. The summed E-state index contributed by atoms with van der Waals surface area (Å²) < 4.78 is 67.0. The number of carbonyl (C=O) groups is 3. The van der Waals surface area contributed by atoms with E-state index in [0.29, 0.717) is 0 Å². The van der Waals surface area contributed by atoms with E-state index in [2.05, 4.69) is 18.9 Å². The Labute approximate surface area is 172 Å². The summed E-state index contributed by atoms with van der Waals surface area (Å²) in [6.07, 6.45) is 0. The number of hydrogen-bond acceptors (Lipinski definition) is 7. The van der Waals surface area contributed by atoms with E-state index < -0.39 is 48.5 Å². The lowest BCUT2D eigenvalue weighted by Gasteiger charge is -2.06. The van der Waals surface area contributed by atoms with Gasteiger partial charge in [0.1, 0.15) is 0 Å². The van der Waals surface area contributed by atoms with Crippen molar-refractivity contribution in [3.63, 3.8) is 0 Å². The van der Waals surface area contributed by atoms with Gasteiger partial charge in [0.15, 0.2) is 29.7 Å². The zero-order chi connectivity index (χ0) is 23.6. The lowest BCUT2D eigenvalue weighted by molar-refractivity contribution is -0.139. The molecule has 0 unspecified atom stereocenters. The minimum atomic E-state index is -3.11. The average molecular weight is 448 g/mol. The van der Waals surface area contributed by atoms with Crippen LogP contribution in [0.3, 0.4) is 0 Å². The monoisotopic (exact) mass is 448 g/mol. The van der Waals surface area contributed by atoms with E-state index in [9.17, 15) is 31.9 Å². The number of alkyl halides is 2. The molecule has 168 valence electrons. The molecule has 0 radical (unpaired) electrons. The molecule has 0 heterocycles. The van der Waals surface area contributed by atoms with E-state index in [1.54, 1.807) is 0 Å². The Balaban J connectivity index is 0.000000311. The predicted molar refractivity (Wildman–Crippen MR) is 95.2 cm³/mol. The highest BCUT2D eigenvalue weighted by molar-refractivity contribution is 5.89. The number of carboxylic acid groups (broad SMARTS) is 1. The fraction of sp³-hybridized carbons (Fsp3) is 0.211. The molecule has 0 aliphatic rings. The van der Waals surface area contributed by atoms with Gasteiger partial charge in [-0.2, -0.15) is 8.78 Å². The highest BCUT2D eigenvalue weighted by atomic mass is 19.3. The second-order valence-electron chi connectivity index (χ2n) is 5.33. The second-order valence-corrected chi connectivity index (χ2v) is 5.33. The lowest BCUT2D eigenvalue weighted by Crippen LogP contribution is -2.10. The molecule has 31 heavy (non-hydrogen) atoms. The molecule has 12 heteroatoms. The zero-order valence-electron chi connectivity index (χ0n) is 16.1. The molecular weight excluding hydrogens is 432 g/mol. The third kappa shape index (κ3) is 8.20. The summed E-state index contributed by atoms with van der Waals surface area (Å²) in [6, 6.07) is 6.21. The first-order valence-corrected chi connectivity index (χ1v) is 8.14. The number of aliphatic carboxylic acids is 1. The summed E-state index contributed by atoms with van der Waals surface area (Å²) in [6.45, 7) is -3.75. The van der Waals surface area contributed by atoms with Crippen molar-refractivity contribution in [3.05, 3.63) is 59.2 Å². The van der Waals surface area contributed by atoms with E-state index in [-0.39, 0.29) is 16.9 Å². The van der Waals surface area contributed by atoms with Crippen LogP contribution in [0.1, 0.15) is 20.7 Å². The van der Waals surface area contributed by atoms with Gasteiger partial charge in [-0.1, -0.05) is 0 Å². The molecule has 0 saturated carbocycles. The first-order valence-electron chi connectivity index (χ1n) is 8.14. The summed E-state index contributed by atoms with van der Waals surface area (Å²) in [4.78, 5) is 32.1. The third-order valence-corrected chi connectivity index (χ3v) is 3.27. The summed E-state index contributed by atoms with van der Waals surface area (Å²) in [5.74, 6) is -5.34. The molecule has 2 aromatic carbocycles. The molecule has 8 nitrogen and oxygen atoms in total. The maximum absolute atomic E-state index is 13.3. The van der Waals surface area contributed by atoms with Gasteiger partial charge < -0.3 is 24.1 Å². The Kier molecular flexibility index (Phi) is 9.76. The summed E-state index contributed by atoms with van der Waals surface area (Å²) in [5, 5.41) is 8.33. The van der Waals surface area contributed by atoms with Crippen LogP contribution in [-0.4, -0.2) is 50.5 Å². The highest BCUT2D eigenvalue weighted by Gasteiger charge is 2.13. The smallest absolute Gasteiger partial charge is 0.387 e. The molecular formula is C19H16F4O8. The second kappa shape index (κ2) is 12.0. The van der Waals surface area contributed by atoms with Crippen LogP contribution in [0.25, 0.3) is 0 Å². The normalized spacial score (nSPS) is 9.90. The molecule has 1 N–H and O–H groups in total. The van der Waals surface area contributed by atoms with Gasteiger partial charge in [0.25, 0.3) is 0 Å². The number of benzene rings is 2. The highest BCUT2D eigenvalue weighted by Crippen LogP contribution is 2.21. The molecule has 2 rings (SSSR count). The maximum atomic E-state index is 13.3. The Morgan fingerprint density at radius 3 is 1.68 bits per heavy atom. The van der Waals surface area contributed by atoms with Crippen LogP contribution in [0.2, 0.25) is 0 Å². The molecule has 0 bridgehead atoms. The first kappa shape index (κ1) is 25.2. The van der Waals surface area contributed by atoms with Crippen LogP contribution < -0.4 is 9.47 Å². The summed E-state index contributed by atoms with van der Waals surface area (Å²) in [7, 11) is 2.30. The van der Waals surface area contributed by atoms with Crippen molar-refractivity contribution in [2.75, 3.05) is 20.8 Å². The van der Waals surface area contributed by atoms with Crippen LogP contribution in [0, 0.1) is 11.6 Å². The van der Waals surface area contributed by atoms with Crippen molar-refractivity contribution in [2.24, 2.45) is 0 Å². The van der Waals surface area contributed by atoms with E-state index in [1.807, 2.05) is 0 Å². The maximum Gasteiger partial charge on any atom is 0.387 e. The van der Waals surface area contributed by atoms with Gasteiger partial charge in [-0.05, 0) is 36.4 Å². The van der Waals surface area contributed by atoms with Crippen molar-refractivity contribution in [2.45, 2.75) is 6.61 Å². The van der Waals surface area contributed by atoms with Gasteiger partial charge in [-0.15, -0.1) is 0 Å². The molecule has 0 amide bonds. The van der Waals surface area contributed by atoms with Crippen LogP contribution in [0.5, 0.6) is 11.5 Å². The topological polar surface area (TPSA) is 108 Å². The largest absolute Gasteiger partial charge is 0.479 e. The van der Waals surface area contributed by atoms with Crippen LogP contribution in [0.4, 0.5) is 17.6 Å². The predicted octanol–water partition coefficient (Wildman–Crippen LogP) is 3.29. The molecule has 0 aromatic heterocycles. The van der Waals surface area contributed by atoms with Gasteiger partial charge in [0, 0.05) is 0 Å². The lowest BCUT2D eigenvalue weighted by atomic mass is 10.2. The number of halogens is 4. The van der Waals surface area contributed by atoms with E-state index in [0.717, 1.165) is 31.4 Å². The number of rotatable bonds is 7. The Morgan fingerprint density at radius 2 is 1.32 bits per heavy atom. The molecule has 0 saturated heterocycles. The minimum Gasteiger partial charge on any atom is -0.479 e. The van der Waals surface area contributed by atoms with Gasteiger partial charge in [0.2, 0.25) is 0 Å². The van der Waals surface area contributed by atoms with Gasteiger partial charge in [-0.3, -0.25) is 0 Å². The first-order chi connectivity index (χ1) is 14.6.